The van der Waals surface area contributed by atoms with Crippen molar-refractivity contribution in [3.05, 3.63) is 57.4 Å². The third-order valence-corrected chi connectivity index (χ3v) is 5.03. The molecular formula is C21H31IN6O3. The number of halogens is 1. The zero-order chi connectivity index (χ0) is 21.3. The van der Waals surface area contributed by atoms with Gasteiger partial charge in [0.2, 0.25) is 0 Å². The van der Waals surface area contributed by atoms with E-state index >= 15 is 0 Å². The molecule has 1 saturated heterocycles. The number of aromatic nitrogens is 2. The number of non-ortho nitro benzene ring substituents is 1. The summed E-state index contributed by atoms with van der Waals surface area (Å²) in [5, 5.41) is 22.0. The van der Waals surface area contributed by atoms with Gasteiger partial charge in [-0.2, -0.15) is 5.10 Å². The highest BCUT2D eigenvalue weighted by molar-refractivity contribution is 14.0. The molecule has 2 N–H and O–H groups in total. The molecule has 0 bridgehead atoms. The number of aliphatic imine (C=N–C) groups is 1. The zero-order valence-corrected chi connectivity index (χ0v) is 20.4. The maximum absolute atomic E-state index is 10.8. The van der Waals surface area contributed by atoms with Gasteiger partial charge in [0.05, 0.1) is 23.3 Å². The van der Waals surface area contributed by atoms with Gasteiger partial charge in [-0.05, 0) is 44.7 Å². The molecule has 9 nitrogen and oxygen atoms in total. The molecule has 1 unspecified atom stereocenters. The average Bonchev–Trinajstić information content (AvgIpc) is 3.36. The summed E-state index contributed by atoms with van der Waals surface area (Å²) in [6.45, 7) is 7.63. The van der Waals surface area contributed by atoms with Crippen LogP contribution in [-0.2, 0) is 17.8 Å². The van der Waals surface area contributed by atoms with E-state index in [1.165, 1.54) is 12.1 Å². The molecule has 2 heterocycles. The van der Waals surface area contributed by atoms with Gasteiger partial charge in [-0.25, -0.2) is 4.99 Å². The Kier molecular flexibility index (Phi) is 10.2. The lowest BCUT2D eigenvalue weighted by atomic mass is 10.2. The van der Waals surface area contributed by atoms with E-state index < -0.39 is 4.92 Å². The fourth-order valence-corrected chi connectivity index (χ4v) is 3.42. The van der Waals surface area contributed by atoms with Crippen molar-refractivity contribution in [2.45, 2.75) is 52.3 Å². The van der Waals surface area contributed by atoms with Crippen LogP contribution in [0.2, 0.25) is 0 Å². The van der Waals surface area contributed by atoms with Gasteiger partial charge in [0.25, 0.3) is 5.69 Å². The van der Waals surface area contributed by atoms with Gasteiger partial charge in [-0.15, -0.1) is 24.0 Å². The number of hydrogen-bond donors (Lipinski definition) is 2. The summed E-state index contributed by atoms with van der Waals surface area (Å²) in [6.07, 6.45) is 3.28. The predicted molar refractivity (Wildman–Crippen MR) is 131 cm³/mol. The van der Waals surface area contributed by atoms with E-state index in [-0.39, 0.29) is 35.8 Å². The Bertz CT molecular complexity index is 863. The zero-order valence-electron chi connectivity index (χ0n) is 18.0. The van der Waals surface area contributed by atoms with Crippen LogP contribution in [0.4, 0.5) is 5.69 Å². The van der Waals surface area contributed by atoms with E-state index in [9.17, 15) is 10.1 Å². The molecule has 0 amide bonds. The van der Waals surface area contributed by atoms with Crippen LogP contribution in [0.15, 0.2) is 35.3 Å². The van der Waals surface area contributed by atoms with Crippen molar-refractivity contribution in [3.8, 4) is 0 Å². The first-order valence-electron chi connectivity index (χ1n) is 10.4. The Hall–Kier alpha value is -2.21. The third-order valence-electron chi connectivity index (χ3n) is 5.03. The summed E-state index contributed by atoms with van der Waals surface area (Å²) in [6, 6.07) is 8.57. The van der Waals surface area contributed by atoms with Crippen LogP contribution in [0, 0.1) is 24.0 Å². The molecule has 0 spiro atoms. The molecule has 1 aliphatic heterocycles. The molecule has 10 heteroatoms. The second-order valence-electron chi connectivity index (χ2n) is 7.53. The molecule has 31 heavy (non-hydrogen) atoms. The molecule has 170 valence electrons. The smallest absolute Gasteiger partial charge is 0.269 e. The maximum Gasteiger partial charge on any atom is 0.269 e. The van der Waals surface area contributed by atoms with Crippen LogP contribution in [0.3, 0.4) is 0 Å². The number of benzene rings is 1. The van der Waals surface area contributed by atoms with Crippen molar-refractivity contribution in [1.29, 1.82) is 0 Å². The number of rotatable bonds is 9. The standard InChI is InChI=1S/C21H30N6O3.HI/c1-16-13-17(2)26(25-16)11-4-10-22-21(24-15-20-5-3-12-30-20)23-14-18-6-8-19(9-7-18)27(28)29;/h6-9,13,20H,3-5,10-12,14-15H2,1-2H3,(H2,22,23,24);1H. The van der Waals surface area contributed by atoms with E-state index in [1.807, 2.05) is 11.6 Å². The summed E-state index contributed by atoms with van der Waals surface area (Å²) in [5.41, 5.74) is 3.20. The Morgan fingerprint density at radius 2 is 2.10 bits per heavy atom. The topological polar surface area (TPSA) is 107 Å². The van der Waals surface area contributed by atoms with E-state index in [0.717, 1.165) is 61.9 Å². The molecule has 0 radical (unpaired) electrons. The predicted octanol–water partition coefficient (Wildman–Crippen LogP) is 3.33. The van der Waals surface area contributed by atoms with Crippen molar-refractivity contribution >= 4 is 35.6 Å². The van der Waals surface area contributed by atoms with E-state index in [4.69, 9.17) is 4.74 Å². The fraction of sp³-hybridized carbons (Fsp3) is 0.524. The van der Waals surface area contributed by atoms with Gasteiger partial charge < -0.3 is 15.4 Å². The van der Waals surface area contributed by atoms with Gasteiger partial charge >= 0.3 is 0 Å². The number of nitro groups is 1. The molecule has 1 aromatic carbocycles. The fourth-order valence-electron chi connectivity index (χ4n) is 3.42. The molecule has 0 saturated carbocycles. The number of nitro benzene ring substituents is 1. The minimum Gasteiger partial charge on any atom is -0.376 e. The van der Waals surface area contributed by atoms with Gasteiger partial charge in [0.15, 0.2) is 5.96 Å². The maximum atomic E-state index is 10.8. The third kappa shape index (κ3) is 8.09. The van der Waals surface area contributed by atoms with Crippen LogP contribution >= 0.6 is 24.0 Å². The first-order chi connectivity index (χ1) is 14.5. The Labute approximate surface area is 199 Å². The Balaban J connectivity index is 0.00000341. The SMILES string of the molecule is Cc1cc(C)n(CCCNC(=NCc2ccc([N+](=O)[O-])cc2)NCC2CCCO2)n1.I. The average molecular weight is 542 g/mol. The van der Waals surface area contributed by atoms with E-state index in [2.05, 4.69) is 33.7 Å². The van der Waals surface area contributed by atoms with Crippen LogP contribution in [0.1, 0.15) is 36.2 Å². The van der Waals surface area contributed by atoms with Crippen LogP contribution in [0.5, 0.6) is 0 Å². The number of aryl methyl sites for hydroxylation is 3. The molecule has 0 aliphatic carbocycles. The van der Waals surface area contributed by atoms with Gasteiger partial charge in [-0.3, -0.25) is 14.8 Å². The van der Waals surface area contributed by atoms with Crippen molar-refractivity contribution in [2.75, 3.05) is 19.7 Å². The minimum atomic E-state index is -0.397. The molecular weight excluding hydrogens is 511 g/mol. The summed E-state index contributed by atoms with van der Waals surface area (Å²) in [4.78, 5) is 15.0. The van der Waals surface area contributed by atoms with Crippen LogP contribution in [0.25, 0.3) is 0 Å². The van der Waals surface area contributed by atoms with Crippen LogP contribution < -0.4 is 10.6 Å². The van der Waals surface area contributed by atoms with Crippen molar-refractivity contribution in [2.24, 2.45) is 4.99 Å². The van der Waals surface area contributed by atoms with Gasteiger partial charge in [-0.1, -0.05) is 12.1 Å². The van der Waals surface area contributed by atoms with E-state index in [0.29, 0.717) is 13.1 Å². The number of nitrogens with zero attached hydrogens (tertiary/aromatic N) is 4. The Morgan fingerprint density at radius 1 is 1.32 bits per heavy atom. The van der Waals surface area contributed by atoms with Crippen molar-refractivity contribution < 1.29 is 9.66 Å². The van der Waals surface area contributed by atoms with E-state index in [1.54, 1.807) is 12.1 Å². The normalized spacial score (nSPS) is 16.1. The summed E-state index contributed by atoms with van der Waals surface area (Å²) in [7, 11) is 0. The highest BCUT2D eigenvalue weighted by Crippen LogP contribution is 2.13. The van der Waals surface area contributed by atoms with Gasteiger partial charge in [0, 0.05) is 44.1 Å². The monoisotopic (exact) mass is 542 g/mol. The lowest BCUT2D eigenvalue weighted by molar-refractivity contribution is -0.384. The molecule has 1 atom stereocenters. The summed E-state index contributed by atoms with van der Waals surface area (Å²) in [5.74, 6) is 0.720. The lowest BCUT2D eigenvalue weighted by Crippen LogP contribution is -2.41. The summed E-state index contributed by atoms with van der Waals surface area (Å²) < 4.78 is 7.70. The van der Waals surface area contributed by atoms with Gasteiger partial charge in [0.1, 0.15) is 0 Å². The number of ether oxygens (including phenoxy) is 1. The first kappa shape index (κ1) is 25.1. The highest BCUT2D eigenvalue weighted by atomic mass is 127. The van der Waals surface area contributed by atoms with Crippen LogP contribution in [-0.4, -0.2) is 46.5 Å². The highest BCUT2D eigenvalue weighted by Gasteiger charge is 2.15. The first-order valence-corrected chi connectivity index (χ1v) is 10.4. The van der Waals surface area contributed by atoms with Crippen molar-refractivity contribution in [3.63, 3.8) is 0 Å². The summed E-state index contributed by atoms with van der Waals surface area (Å²) >= 11 is 0. The second kappa shape index (κ2) is 12.6. The molecule has 1 aliphatic rings. The largest absolute Gasteiger partial charge is 0.376 e. The number of hydrogen-bond acceptors (Lipinski definition) is 5. The minimum absolute atomic E-state index is 0. The number of nitrogens with one attached hydrogen (secondary N) is 2. The quantitative estimate of drug-likeness (QED) is 0.126. The Morgan fingerprint density at radius 3 is 2.71 bits per heavy atom. The number of guanidine groups is 1. The molecule has 1 fully saturated rings. The lowest BCUT2D eigenvalue weighted by Gasteiger charge is -2.16. The van der Waals surface area contributed by atoms with Crippen molar-refractivity contribution in [1.82, 2.24) is 20.4 Å². The molecule has 3 rings (SSSR count). The molecule has 2 aromatic rings. The molecule has 1 aromatic heterocycles. The second-order valence-corrected chi connectivity index (χ2v) is 7.53.